The first-order valence-electron chi connectivity index (χ1n) is 9.53. The van der Waals surface area contributed by atoms with E-state index in [1.54, 1.807) is 4.90 Å². The number of likely N-dealkylation sites (tertiary alicyclic amines) is 1. The maximum absolute atomic E-state index is 12.4. The molecule has 2 heterocycles. The molecule has 6 nitrogen and oxygen atoms in total. The Balaban J connectivity index is 1.50. The van der Waals surface area contributed by atoms with Crippen LogP contribution in [0.15, 0.2) is 30.3 Å². The van der Waals surface area contributed by atoms with Gasteiger partial charge in [-0.15, -0.1) is 0 Å². The summed E-state index contributed by atoms with van der Waals surface area (Å²) < 4.78 is 11.6. The van der Waals surface area contributed by atoms with Gasteiger partial charge in [-0.05, 0) is 24.8 Å². The molecule has 3 rings (SSSR count). The Kier molecular flexibility index (Phi) is 7.03. The summed E-state index contributed by atoms with van der Waals surface area (Å²) in [6, 6.07) is 9.82. The van der Waals surface area contributed by atoms with Gasteiger partial charge in [0.05, 0.1) is 31.9 Å². The number of nitrogens with one attached hydrogen (secondary N) is 1. The van der Waals surface area contributed by atoms with Crippen molar-refractivity contribution in [3.8, 4) is 0 Å². The smallest absolute Gasteiger partial charge is 0.240 e. The zero-order valence-corrected chi connectivity index (χ0v) is 15.2. The second-order valence-corrected chi connectivity index (χ2v) is 7.00. The highest BCUT2D eigenvalue weighted by Gasteiger charge is 2.29. The molecule has 0 saturated carbocycles. The quantitative estimate of drug-likeness (QED) is 0.841. The van der Waals surface area contributed by atoms with Crippen molar-refractivity contribution in [1.29, 1.82) is 0 Å². The van der Waals surface area contributed by atoms with Crippen molar-refractivity contribution in [1.82, 2.24) is 10.2 Å². The number of carbonyl (C=O) groups excluding carboxylic acids is 2. The molecule has 1 N–H and O–H groups in total. The average molecular weight is 360 g/mol. The van der Waals surface area contributed by atoms with Crippen LogP contribution in [-0.4, -0.2) is 55.2 Å². The summed E-state index contributed by atoms with van der Waals surface area (Å²) in [5.41, 5.74) is 1.11. The van der Waals surface area contributed by atoms with Gasteiger partial charge in [-0.3, -0.25) is 9.59 Å². The van der Waals surface area contributed by atoms with Gasteiger partial charge in [-0.1, -0.05) is 36.8 Å². The molecule has 0 unspecified atom stereocenters. The first-order valence-corrected chi connectivity index (χ1v) is 9.53. The van der Waals surface area contributed by atoms with Crippen molar-refractivity contribution in [2.75, 3.05) is 26.3 Å². The van der Waals surface area contributed by atoms with Gasteiger partial charge < -0.3 is 19.7 Å². The molecule has 2 fully saturated rings. The third-order valence-electron chi connectivity index (χ3n) is 4.95. The fourth-order valence-corrected chi connectivity index (χ4v) is 3.46. The molecule has 2 saturated heterocycles. The van der Waals surface area contributed by atoms with Gasteiger partial charge >= 0.3 is 0 Å². The molecule has 2 aliphatic rings. The van der Waals surface area contributed by atoms with Gasteiger partial charge in [-0.25, -0.2) is 0 Å². The number of hydrogen-bond donors (Lipinski definition) is 1. The Labute approximate surface area is 154 Å². The van der Waals surface area contributed by atoms with Gasteiger partial charge in [0.25, 0.3) is 0 Å². The largest absolute Gasteiger partial charge is 0.379 e. The van der Waals surface area contributed by atoms with E-state index in [-0.39, 0.29) is 30.5 Å². The maximum Gasteiger partial charge on any atom is 0.240 e. The minimum Gasteiger partial charge on any atom is -0.379 e. The zero-order chi connectivity index (χ0) is 18.2. The number of benzene rings is 1. The van der Waals surface area contributed by atoms with Crippen LogP contribution >= 0.6 is 0 Å². The minimum atomic E-state index is -0.179. The molecule has 0 spiro atoms. The number of nitrogens with zero attached hydrogens (tertiary/aromatic N) is 1. The zero-order valence-electron chi connectivity index (χ0n) is 15.2. The van der Waals surface area contributed by atoms with E-state index >= 15 is 0 Å². The van der Waals surface area contributed by atoms with Crippen molar-refractivity contribution in [3.05, 3.63) is 35.9 Å². The third-order valence-corrected chi connectivity index (χ3v) is 4.95. The predicted octanol–water partition coefficient (Wildman–Crippen LogP) is 1.88. The SMILES string of the molecule is O=C(CN1CCCCCC1=O)N[C@@H]1COCC[C@@H]1OCc1ccccc1. The molecule has 6 heteroatoms. The van der Waals surface area contributed by atoms with Crippen LogP contribution in [-0.2, 0) is 25.7 Å². The average Bonchev–Trinajstić information content (AvgIpc) is 2.86. The van der Waals surface area contributed by atoms with Gasteiger partial charge in [0, 0.05) is 19.6 Å². The second-order valence-electron chi connectivity index (χ2n) is 7.00. The molecule has 142 valence electrons. The molecule has 2 aliphatic heterocycles. The van der Waals surface area contributed by atoms with Crippen LogP contribution in [0.4, 0.5) is 0 Å². The Morgan fingerprint density at radius 1 is 1.23 bits per heavy atom. The van der Waals surface area contributed by atoms with Crippen LogP contribution in [0, 0.1) is 0 Å². The Morgan fingerprint density at radius 2 is 2.08 bits per heavy atom. The van der Waals surface area contributed by atoms with Crippen LogP contribution < -0.4 is 5.32 Å². The highest BCUT2D eigenvalue weighted by molar-refractivity contribution is 5.85. The lowest BCUT2D eigenvalue weighted by Gasteiger charge is -2.32. The molecule has 0 bridgehead atoms. The molecule has 1 aromatic rings. The molecule has 0 aromatic heterocycles. The van der Waals surface area contributed by atoms with Crippen molar-refractivity contribution >= 4 is 11.8 Å². The summed E-state index contributed by atoms with van der Waals surface area (Å²) in [5.74, 6) is -0.0570. The molecule has 2 atom stereocenters. The van der Waals surface area contributed by atoms with Crippen LogP contribution in [0.5, 0.6) is 0 Å². The van der Waals surface area contributed by atoms with Crippen LogP contribution in [0.25, 0.3) is 0 Å². The highest BCUT2D eigenvalue weighted by Crippen LogP contribution is 2.15. The number of rotatable bonds is 6. The van der Waals surface area contributed by atoms with Gasteiger partial charge in [-0.2, -0.15) is 0 Å². The highest BCUT2D eigenvalue weighted by atomic mass is 16.5. The summed E-state index contributed by atoms with van der Waals surface area (Å²) in [4.78, 5) is 26.2. The maximum atomic E-state index is 12.4. The van der Waals surface area contributed by atoms with Crippen molar-refractivity contribution in [2.45, 2.75) is 50.9 Å². The topological polar surface area (TPSA) is 67.9 Å². The lowest BCUT2D eigenvalue weighted by Crippen LogP contribution is -2.53. The monoisotopic (exact) mass is 360 g/mol. The van der Waals surface area contributed by atoms with Gasteiger partial charge in [0.2, 0.25) is 11.8 Å². The van der Waals surface area contributed by atoms with Crippen LogP contribution in [0.3, 0.4) is 0 Å². The predicted molar refractivity (Wildman–Crippen MR) is 97.4 cm³/mol. The van der Waals surface area contributed by atoms with E-state index in [0.29, 0.717) is 32.8 Å². The van der Waals surface area contributed by atoms with Crippen molar-refractivity contribution < 1.29 is 19.1 Å². The van der Waals surface area contributed by atoms with Crippen LogP contribution in [0.2, 0.25) is 0 Å². The summed E-state index contributed by atoms with van der Waals surface area (Å²) in [6.45, 7) is 2.39. The van der Waals surface area contributed by atoms with Crippen molar-refractivity contribution in [2.24, 2.45) is 0 Å². The second kappa shape index (κ2) is 9.69. The summed E-state index contributed by atoms with van der Waals surface area (Å²) in [7, 11) is 0. The molecule has 26 heavy (non-hydrogen) atoms. The number of hydrogen-bond acceptors (Lipinski definition) is 4. The van der Waals surface area contributed by atoms with E-state index in [4.69, 9.17) is 9.47 Å². The molecular formula is C20H28N2O4. The number of carbonyl (C=O) groups is 2. The fraction of sp³-hybridized carbons (Fsp3) is 0.600. The molecule has 0 aliphatic carbocycles. The summed E-state index contributed by atoms with van der Waals surface area (Å²) in [6.07, 6.45) is 4.16. The van der Waals surface area contributed by atoms with Gasteiger partial charge in [0.1, 0.15) is 0 Å². The Bertz CT molecular complexity index is 593. The summed E-state index contributed by atoms with van der Waals surface area (Å²) in [5, 5.41) is 3.01. The third kappa shape index (κ3) is 5.54. The minimum absolute atomic E-state index is 0.0762. The lowest BCUT2D eigenvalue weighted by atomic mass is 10.1. The first-order chi connectivity index (χ1) is 12.7. The number of amides is 2. The van der Waals surface area contributed by atoms with Gasteiger partial charge in [0.15, 0.2) is 0 Å². The Hall–Kier alpha value is -1.92. The van der Waals surface area contributed by atoms with Crippen molar-refractivity contribution in [3.63, 3.8) is 0 Å². The fourth-order valence-electron chi connectivity index (χ4n) is 3.46. The lowest BCUT2D eigenvalue weighted by molar-refractivity contribution is -0.137. The standard InChI is InChI=1S/C20H28N2O4/c23-19(13-22-11-6-2-5-9-20(22)24)21-17-15-25-12-10-18(17)26-14-16-7-3-1-4-8-16/h1,3-4,7-8,17-18H,2,5-6,9-15H2,(H,21,23)/t17-,18+/m1/s1. The summed E-state index contributed by atoms with van der Waals surface area (Å²) >= 11 is 0. The van der Waals surface area contributed by atoms with E-state index in [9.17, 15) is 9.59 Å². The van der Waals surface area contributed by atoms with E-state index in [1.807, 2.05) is 30.3 Å². The van der Waals surface area contributed by atoms with Crippen LogP contribution in [0.1, 0.15) is 37.7 Å². The normalized spacial score (nSPS) is 24.2. The molecule has 0 radical (unpaired) electrons. The van der Waals surface area contributed by atoms with E-state index in [2.05, 4.69) is 5.32 Å². The Morgan fingerprint density at radius 3 is 2.92 bits per heavy atom. The molecule has 1 aromatic carbocycles. The molecular weight excluding hydrogens is 332 g/mol. The van der Waals surface area contributed by atoms with E-state index in [1.165, 1.54) is 0 Å². The molecule has 2 amide bonds. The van der Waals surface area contributed by atoms with E-state index < -0.39 is 0 Å². The first kappa shape index (κ1) is 18.9. The van der Waals surface area contributed by atoms with E-state index in [0.717, 1.165) is 31.2 Å². The number of ether oxygens (including phenoxy) is 2.